The highest BCUT2D eigenvalue weighted by molar-refractivity contribution is 7.89. The Bertz CT molecular complexity index is 1020. The van der Waals surface area contributed by atoms with Crippen LogP contribution in [0.5, 0.6) is 0 Å². The summed E-state index contributed by atoms with van der Waals surface area (Å²) in [5.74, 6) is -0.202. The fourth-order valence-corrected chi connectivity index (χ4v) is 8.17. The maximum absolute atomic E-state index is 13.1. The first-order valence-corrected chi connectivity index (χ1v) is 25.4. The van der Waals surface area contributed by atoms with E-state index in [1.54, 1.807) is 6.08 Å². The molecule has 0 aromatic heterocycles. The third-order valence-electron chi connectivity index (χ3n) is 11.7. The van der Waals surface area contributed by atoms with Gasteiger partial charge in [-0.1, -0.05) is 197 Å². The Balaban J connectivity index is 2.42. The van der Waals surface area contributed by atoms with Crippen molar-refractivity contribution in [3.63, 3.8) is 0 Å². The van der Waals surface area contributed by atoms with Crippen molar-refractivity contribution in [3.8, 4) is 0 Å². The molecular weight excluding hydrogens is 799 g/mol. The molecule has 13 heteroatoms. The summed E-state index contributed by atoms with van der Waals surface area (Å²) >= 11 is 0.172. The van der Waals surface area contributed by atoms with Gasteiger partial charge in [-0.2, -0.15) is 0 Å². The Kier molecular flexibility index (Phi) is 40.7. The average molecular weight is 890 g/mol. The molecule has 1 aliphatic rings. The molecule has 5 unspecified atom stereocenters. The van der Waals surface area contributed by atoms with Crippen LogP contribution >= 0.6 is 12.3 Å². The van der Waals surface area contributed by atoms with Crippen molar-refractivity contribution in [3.05, 3.63) is 24.3 Å². The Morgan fingerprint density at radius 1 is 0.656 bits per heavy atom. The number of aliphatic hydroxyl groups is 4. The third-order valence-corrected chi connectivity index (χ3v) is 12.1. The van der Waals surface area contributed by atoms with Crippen LogP contribution in [-0.2, 0) is 27.8 Å². The van der Waals surface area contributed by atoms with E-state index in [-0.39, 0.29) is 24.8 Å². The van der Waals surface area contributed by atoms with Crippen molar-refractivity contribution < 1.29 is 53.5 Å². The van der Waals surface area contributed by atoms with E-state index < -0.39 is 49.5 Å². The van der Waals surface area contributed by atoms with Crippen LogP contribution in [0.15, 0.2) is 24.3 Å². The summed E-state index contributed by atoms with van der Waals surface area (Å²) in [4.78, 5) is 13.1. The highest BCUT2D eigenvalue weighted by Crippen LogP contribution is 2.28. The molecule has 0 aromatic rings. The molecule has 0 aromatic carbocycles. The van der Waals surface area contributed by atoms with Gasteiger partial charge in [0.1, 0.15) is 24.4 Å². The fourth-order valence-electron chi connectivity index (χ4n) is 7.79. The first-order chi connectivity index (χ1) is 29.9. The fraction of sp³-hybridized carbons (Fsp3) is 0.896. The molecule has 6 N–H and O–H groups in total. The third kappa shape index (κ3) is 32.2. The zero-order valence-corrected chi connectivity index (χ0v) is 39.3. The van der Waals surface area contributed by atoms with Gasteiger partial charge in [0, 0.05) is 6.42 Å². The Morgan fingerprint density at radius 3 is 1.56 bits per heavy atom. The monoisotopic (exact) mass is 890 g/mol. The molecular formula is C48H91NO11S. The van der Waals surface area contributed by atoms with E-state index in [0.717, 1.165) is 38.5 Å². The zero-order valence-electron chi connectivity index (χ0n) is 38.5. The van der Waals surface area contributed by atoms with Gasteiger partial charge < -0.3 is 35.2 Å². The number of aliphatic hydroxyl groups excluding tert-OH is 4. The number of unbranched alkanes of at least 4 members (excludes halogenated alkanes) is 28. The molecule has 1 rings (SSSR count). The number of allylic oxidation sites excluding steroid dienone is 3. The number of carbonyl (C=O) groups is 1. The number of rotatable bonds is 44. The van der Waals surface area contributed by atoms with E-state index in [4.69, 9.17) is 18.9 Å². The number of hydrogen-bond acceptors (Lipinski definition) is 12. The Labute approximate surface area is 375 Å². The van der Waals surface area contributed by atoms with E-state index in [9.17, 15) is 25.2 Å². The van der Waals surface area contributed by atoms with Crippen LogP contribution in [0.2, 0.25) is 0 Å². The van der Waals surface area contributed by atoms with E-state index in [1.807, 2.05) is 6.08 Å². The topological polar surface area (TPSA) is 176 Å². The molecule has 0 aliphatic carbocycles. The average Bonchev–Trinajstić information content (AvgIpc) is 3.26. The Hall–Kier alpha value is -1.10. The summed E-state index contributed by atoms with van der Waals surface area (Å²) in [7, 11) is 0. The minimum Gasteiger partial charge on any atom is -0.394 e. The van der Waals surface area contributed by atoms with Gasteiger partial charge in [-0.05, 0) is 44.9 Å². The summed E-state index contributed by atoms with van der Waals surface area (Å²) in [6.07, 6.45) is 39.0. The summed E-state index contributed by atoms with van der Waals surface area (Å²) in [6, 6.07) is -0.845. The van der Waals surface area contributed by atoms with Crippen molar-refractivity contribution in [2.45, 2.75) is 262 Å². The lowest BCUT2D eigenvalue weighted by atomic mass is 9.99. The summed E-state index contributed by atoms with van der Waals surface area (Å²) < 4.78 is 20.8. The molecule has 1 amide bonds. The van der Waals surface area contributed by atoms with Gasteiger partial charge in [0.2, 0.25) is 5.91 Å². The van der Waals surface area contributed by atoms with Gasteiger partial charge in [0.25, 0.3) is 0 Å². The lowest BCUT2D eigenvalue weighted by molar-refractivity contribution is -0.435. The van der Waals surface area contributed by atoms with Crippen LogP contribution in [0, 0.1) is 0 Å². The number of amides is 1. The lowest BCUT2D eigenvalue weighted by Crippen LogP contribution is -2.60. The van der Waals surface area contributed by atoms with Crippen molar-refractivity contribution in [2.24, 2.45) is 0 Å². The second kappa shape index (κ2) is 42.8. The SMILES string of the molecule is CCCCCCCCC=CCCCCCCCCCCCCCC(=O)N[C@@H](COC1OC(CO)C(O)C(OSOOO)C1O)[C@H](O)C=CCCCCCCCCCCCCC. The maximum Gasteiger partial charge on any atom is 0.220 e. The van der Waals surface area contributed by atoms with Gasteiger partial charge in [-0.25, -0.2) is 5.26 Å². The summed E-state index contributed by atoms with van der Waals surface area (Å²) in [5, 5.41) is 57.1. The summed E-state index contributed by atoms with van der Waals surface area (Å²) in [5.41, 5.74) is 0. The van der Waals surface area contributed by atoms with E-state index >= 15 is 0 Å². The highest BCUT2D eigenvalue weighted by atomic mass is 32.2. The second-order valence-corrected chi connectivity index (χ2v) is 17.6. The van der Waals surface area contributed by atoms with Crippen LogP contribution in [-0.4, -0.2) is 87.7 Å². The normalized spacial score (nSPS) is 20.5. The quantitative estimate of drug-likeness (QED) is 0.0112. The lowest BCUT2D eigenvalue weighted by Gasteiger charge is -2.41. The molecule has 0 bridgehead atoms. The van der Waals surface area contributed by atoms with Crippen LogP contribution in [0.3, 0.4) is 0 Å². The number of nitrogens with one attached hydrogen (secondary N) is 1. The summed E-state index contributed by atoms with van der Waals surface area (Å²) in [6.45, 7) is 3.69. The first kappa shape index (κ1) is 57.9. The van der Waals surface area contributed by atoms with E-state index in [1.165, 1.54) is 161 Å². The molecule has 1 heterocycles. The molecule has 12 nitrogen and oxygen atoms in total. The van der Waals surface area contributed by atoms with Crippen molar-refractivity contribution >= 4 is 18.2 Å². The molecule has 61 heavy (non-hydrogen) atoms. The van der Waals surface area contributed by atoms with Gasteiger partial charge in [0.15, 0.2) is 18.6 Å². The minimum atomic E-state index is -1.55. The molecule has 0 saturated carbocycles. The first-order valence-electron chi connectivity index (χ1n) is 24.7. The van der Waals surface area contributed by atoms with Crippen molar-refractivity contribution in [1.29, 1.82) is 0 Å². The van der Waals surface area contributed by atoms with E-state index in [0.29, 0.717) is 6.42 Å². The predicted octanol–water partition coefficient (Wildman–Crippen LogP) is 11.3. The minimum absolute atomic E-state index is 0.172. The number of hydrogen-bond donors (Lipinski definition) is 6. The maximum atomic E-state index is 13.1. The zero-order chi connectivity index (χ0) is 44.4. The van der Waals surface area contributed by atoms with E-state index in [2.05, 4.69) is 40.7 Å². The molecule has 1 aliphatic heterocycles. The molecule has 1 saturated heterocycles. The number of carbonyl (C=O) groups excluding carboxylic acids is 1. The molecule has 0 radical (unpaired) electrons. The van der Waals surface area contributed by atoms with Gasteiger partial charge in [-0.15, -0.1) is 4.33 Å². The standard InChI is InChI=1S/C48H91NO11S/c1-3-5-7-9-11-13-15-17-18-19-20-21-22-23-24-26-28-30-32-34-36-38-44(52)49-41(42(51)37-35-33-31-29-27-25-16-14-12-10-8-6-4-2)40-56-48-46(54)47(58-61-60-59-55)45(53)43(39-50)57-48/h17-18,35,37,41-43,45-48,50-51,53-55H,3-16,19-34,36,38-40H2,1-2H3,(H,49,52)/t41-,42+,43?,45?,46?,47?,48?/m0/s1. The van der Waals surface area contributed by atoms with Crippen LogP contribution < -0.4 is 5.32 Å². The van der Waals surface area contributed by atoms with Gasteiger partial charge in [-0.3, -0.25) is 8.98 Å². The predicted molar refractivity (Wildman–Crippen MR) is 246 cm³/mol. The van der Waals surface area contributed by atoms with Crippen molar-refractivity contribution in [2.75, 3.05) is 13.2 Å². The van der Waals surface area contributed by atoms with Crippen LogP contribution in [0.25, 0.3) is 0 Å². The smallest absolute Gasteiger partial charge is 0.220 e. The largest absolute Gasteiger partial charge is 0.394 e. The van der Waals surface area contributed by atoms with Gasteiger partial charge >= 0.3 is 0 Å². The Morgan fingerprint density at radius 2 is 1.10 bits per heavy atom. The molecule has 7 atom stereocenters. The van der Waals surface area contributed by atoms with Gasteiger partial charge in [0.05, 0.1) is 25.4 Å². The van der Waals surface area contributed by atoms with Crippen LogP contribution in [0.1, 0.15) is 219 Å². The van der Waals surface area contributed by atoms with Crippen molar-refractivity contribution in [1.82, 2.24) is 5.32 Å². The highest BCUT2D eigenvalue weighted by Gasteiger charge is 2.46. The molecule has 360 valence electrons. The number of ether oxygens (including phenoxy) is 2. The second-order valence-electron chi connectivity index (χ2n) is 17.2. The molecule has 0 spiro atoms. The van der Waals surface area contributed by atoms with Crippen LogP contribution in [0.4, 0.5) is 0 Å². The molecule has 1 fully saturated rings.